The van der Waals surface area contributed by atoms with Crippen LogP contribution in [0.4, 0.5) is 0 Å². The summed E-state index contributed by atoms with van der Waals surface area (Å²) in [5, 5.41) is 0. The van der Waals surface area contributed by atoms with Gasteiger partial charge in [0.05, 0.1) is 0 Å². The van der Waals surface area contributed by atoms with E-state index in [1.165, 1.54) is 19.3 Å². The summed E-state index contributed by atoms with van der Waals surface area (Å²) in [6.07, 6.45) is 3.66. The smallest absolute Gasteiger partial charge is 0.343 e. The van der Waals surface area contributed by atoms with Crippen molar-refractivity contribution >= 4 is 8.56 Å². The Labute approximate surface area is 89.2 Å². The third-order valence-corrected chi connectivity index (χ3v) is 7.58. The van der Waals surface area contributed by atoms with Crippen molar-refractivity contribution in [2.24, 2.45) is 0 Å². The molecule has 0 spiro atoms. The van der Waals surface area contributed by atoms with E-state index in [4.69, 9.17) is 8.85 Å². The predicted molar refractivity (Wildman–Crippen MR) is 61.7 cm³/mol. The lowest BCUT2D eigenvalue weighted by Crippen LogP contribution is -2.49. The van der Waals surface area contributed by atoms with Crippen LogP contribution in [0, 0.1) is 0 Å². The second kappa shape index (κ2) is 5.28. The summed E-state index contributed by atoms with van der Waals surface area (Å²) in [6, 6.07) is 0. The molecule has 0 radical (unpaired) electrons. The van der Waals surface area contributed by atoms with Gasteiger partial charge in [-0.05, 0) is 30.3 Å². The molecule has 0 saturated carbocycles. The Morgan fingerprint density at radius 3 is 1.57 bits per heavy atom. The zero-order valence-corrected chi connectivity index (χ0v) is 11.0. The monoisotopic (exact) mass is 216 g/mol. The molecule has 1 saturated heterocycles. The van der Waals surface area contributed by atoms with Crippen LogP contribution >= 0.6 is 0 Å². The Kier molecular flexibility index (Phi) is 4.61. The van der Waals surface area contributed by atoms with E-state index in [0.717, 1.165) is 13.2 Å². The van der Waals surface area contributed by atoms with Crippen molar-refractivity contribution in [2.75, 3.05) is 13.2 Å². The molecule has 0 aromatic rings. The summed E-state index contributed by atoms with van der Waals surface area (Å²) in [4.78, 5) is 0. The van der Waals surface area contributed by atoms with E-state index in [1.807, 2.05) is 0 Å². The fourth-order valence-electron chi connectivity index (χ4n) is 2.22. The minimum Gasteiger partial charge on any atom is -0.394 e. The van der Waals surface area contributed by atoms with Gasteiger partial charge in [0.15, 0.2) is 0 Å². The fraction of sp³-hybridized carbons (Fsp3) is 1.00. The minimum absolute atomic E-state index is 0.556. The molecule has 1 fully saturated rings. The van der Waals surface area contributed by atoms with E-state index in [9.17, 15) is 0 Å². The van der Waals surface area contributed by atoms with E-state index in [1.54, 1.807) is 0 Å². The Morgan fingerprint density at radius 2 is 1.21 bits per heavy atom. The second-order valence-electron chi connectivity index (χ2n) is 4.79. The molecule has 0 amide bonds. The molecule has 2 nitrogen and oxygen atoms in total. The van der Waals surface area contributed by atoms with Crippen molar-refractivity contribution in [3.05, 3.63) is 0 Å². The maximum absolute atomic E-state index is 6.11. The highest BCUT2D eigenvalue weighted by Gasteiger charge is 2.45. The van der Waals surface area contributed by atoms with Crippen LogP contribution in [0.25, 0.3) is 0 Å². The lowest BCUT2D eigenvalue weighted by molar-refractivity contribution is 0.130. The summed E-state index contributed by atoms with van der Waals surface area (Å²) in [5.74, 6) is 0. The van der Waals surface area contributed by atoms with Crippen LogP contribution in [-0.2, 0) is 8.85 Å². The van der Waals surface area contributed by atoms with E-state index in [-0.39, 0.29) is 0 Å². The third-order valence-electron chi connectivity index (χ3n) is 3.05. The molecule has 1 heterocycles. The highest BCUT2D eigenvalue weighted by atomic mass is 28.4. The first-order valence-corrected chi connectivity index (χ1v) is 7.84. The van der Waals surface area contributed by atoms with Crippen molar-refractivity contribution < 1.29 is 8.85 Å². The highest BCUT2D eigenvalue weighted by Crippen LogP contribution is 2.35. The van der Waals surface area contributed by atoms with Gasteiger partial charge in [0.25, 0.3) is 0 Å². The van der Waals surface area contributed by atoms with E-state index < -0.39 is 8.56 Å². The largest absolute Gasteiger partial charge is 0.394 e. The zero-order chi connectivity index (χ0) is 10.6. The van der Waals surface area contributed by atoms with Crippen LogP contribution in [-0.4, -0.2) is 21.8 Å². The van der Waals surface area contributed by atoms with Crippen LogP contribution in [0.1, 0.15) is 47.0 Å². The molecule has 84 valence electrons. The van der Waals surface area contributed by atoms with Crippen molar-refractivity contribution in [3.63, 3.8) is 0 Å². The zero-order valence-electron chi connectivity index (χ0n) is 10.0. The average molecular weight is 216 g/mol. The summed E-state index contributed by atoms with van der Waals surface area (Å²) in [6.45, 7) is 10.8. The van der Waals surface area contributed by atoms with Gasteiger partial charge in [-0.25, -0.2) is 0 Å². The number of rotatable bonds is 2. The molecule has 1 aliphatic heterocycles. The number of hydrogen-bond acceptors (Lipinski definition) is 2. The summed E-state index contributed by atoms with van der Waals surface area (Å²) < 4.78 is 12.2. The van der Waals surface area contributed by atoms with E-state index >= 15 is 0 Å². The van der Waals surface area contributed by atoms with E-state index in [2.05, 4.69) is 27.7 Å². The van der Waals surface area contributed by atoms with Crippen LogP contribution in [0.15, 0.2) is 0 Å². The summed E-state index contributed by atoms with van der Waals surface area (Å²) >= 11 is 0. The second-order valence-corrected chi connectivity index (χ2v) is 9.12. The fourth-order valence-corrected chi connectivity index (χ4v) is 5.90. The Morgan fingerprint density at radius 1 is 0.786 bits per heavy atom. The van der Waals surface area contributed by atoms with Gasteiger partial charge in [-0.1, -0.05) is 27.7 Å². The Balaban J connectivity index is 2.71. The lowest BCUT2D eigenvalue weighted by atomic mass is 10.2. The van der Waals surface area contributed by atoms with Gasteiger partial charge < -0.3 is 8.85 Å². The molecule has 1 rings (SSSR count). The first-order chi connectivity index (χ1) is 6.59. The normalized spacial score (nSPS) is 23.6. The Bertz CT molecular complexity index is 151. The van der Waals surface area contributed by atoms with Crippen LogP contribution in [0.3, 0.4) is 0 Å². The minimum atomic E-state index is -1.92. The average Bonchev–Trinajstić information content (AvgIpc) is 2.02. The van der Waals surface area contributed by atoms with Gasteiger partial charge in [-0.3, -0.25) is 0 Å². The molecule has 0 aromatic heterocycles. The maximum Gasteiger partial charge on any atom is 0.343 e. The summed E-state index contributed by atoms with van der Waals surface area (Å²) in [5.41, 5.74) is 1.11. The quantitative estimate of drug-likeness (QED) is 0.658. The molecule has 14 heavy (non-hydrogen) atoms. The van der Waals surface area contributed by atoms with Crippen molar-refractivity contribution in [1.29, 1.82) is 0 Å². The van der Waals surface area contributed by atoms with Gasteiger partial charge in [-0.2, -0.15) is 0 Å². The molecule has 0 unspecified atom stereocenters. The van der Waals surface area contributed by atoms with Crippen LogP contribution < -0.4 is 0 Å². The van der Waals surface area contributed by atoms with Gasteiger partial charge in [0.1, 0.15) is 0 Å². The van der Waals surface area contributed by atoms with Gasteiger partial charge in [-0.15, -0.1) is 0 Å². The molecule has 0 atom stereocenters. The van der Waals surface area contributed by atoms with E-state index in [0.29, 0.717) is 11.1 Å². The predicted octanol–water partition coefficient (Wildman–Crippen LogP) is 3.47. The van der Waals surface area contributed by atoms with Crippen molar-refractivity contribution in [1.82, 2.24) is 0 Å². The first-order valence-electron chi connectivity index (χ1n) is 5.87. The number of hydrogen-bond donors (Lipinski definition) is 0. The van der Waals surface area contributed by atoms with Gasteiger partial charge in [0, 0.05) is 13.2 Å². The molecule has 0 aromatic carbocycles. The third kappa shape index (κ3) is 2.58. The van der Waals surface area contributed by atoms with Crippen LogP contribution in [0.2, 0.25) is 11.1 Å². The molecule has 0 N–H and O–H groups in total. The SMILES string of the molecule is CC(C)[Si]1(C(C)C)OCCCCCO1. The Hall–Kier alpha value is 0.137. The van der Waals surface area contributed by atoms with Gasteiger partial charge >= 0.3 is 8.56 Å². The molecular weight excluding hydrogens is 192 g/mol. The lowest BCUT2D eigenvalue weighted by Gasteiger charge is -2.38. The first kappa shape index (κ1) is 12.2. The molecule has 1 aliphatic rings. The topological polar surface area (TPSA) is 18.5 Å². The molecule has 3 heteroatoms. The molecular formula is C11H24O2Si. The summed E-state index contributed by atoms with van der Waals surface area (Å²) in [7, 11) is -1.92. The molecule has 0 bridgehead atoms. The standard InChI is InChI=1S/C11H24O2Si/c1-10(2)14(11(3)4)12-8-6-5-7-9-13-14/h10-11H,5-9H2,1-4H3. The van der Waals surface area contributed by atoms with Crippen molar-refractivity contribution in [2.45, 2.75) is 58.0 Å². The van der Waals surface area contributed by atoms with Gasteiger partial charge in [0.2, 0.25) is 0 Å². The van der Waals surface area contributed by atoms with Crippen molar-refractivity contribution in [3.8, 4) is 0 Å². The maximum atomic E-state index is 6.11. The highest BCUT2D eigenvalue weighted by molar-refractivity contribution is 6.70. The van der Waals surface area contributed by atoms with Crippen LogP contribution in [0.5, 0.6) is 0 Å². The molecule has 0 aliphatic carbocycles.